The van der Waals surface area contributed by atoms with Gasteiger partial charge in [-0.15, -0.1) is 0 Å². The van der Waals surface area contributed by atoms with Crippen molar-refractivity contribution in [1.29, 1.82) is 0 Å². The number of hydrogen-bond acceptors (Lipinski definition) is 3. The van der Waals surface area contributed by atoms with Crippen molar-refractivity contribution in [2.24, 2.45) is 17.8 Å². The first kappa shape index (κ1) is 11.4. The molecule has 2 aliphatic rings. The fraction of sp³-hybridized carbons (Fsp3) is 0.818. The molecule has 0 bridgehead atoms. The molecule has 2 fully saturated rings. The van der Waals surface area contributed by atoms with Crippen molar-refractivity contribution in [2.75, 3.05) is 13.2 Å². The van der Waals surface area contributed by atoms with E-state index in [1.165, 1.54) is 5.06 Å². The predicted octanol–water partition coefficient (Wildman–Crippen LogP) is 0.897. The maximum atomic E-state index is 12.0. The Bertz CT molecular complexity index is 298. The van der Waals surface area contributed by atoms with E-state index in [0.29, 0.717) is 31.9 Å². The van der Waals surface area contributed by atoms with Gasteiger partial charge in [0.15, 0.2) is 0 Å². The number of rotatable bonds is 2. The predicted molar refractivity (Wildman–Crippen MR) is 55.3 cm³/mol. The van der Waals surface area contributed by atoms with Crippen molar-refractivity contribution in [1.82, 2.24) is 5.06 Å². The molecule has 1 amide bonds. The highest BCUT2D eigenvalue weighted by atomic mass is 16.7. The molecule has 1 heterocycles. The first-order valence-corrected chi connectivity index (χ1v) is 5.76. The van der Waals surface area contributed by atoms with Crippen LogP contribution >= 0.6 is 0 Å². The first-order chi connectivity index (χ1) is 7.59. The Morgan fingerprint density at radius 3 is 2.56 bits per heavy atom. The van der Waals surface area contributed by atoms with E-state index in [2.05, 4.69) is 0 Å². The van der Waals surface area contributed by atoms with Crippen LogP contribution in [-0.2, 0) is 14.4 Å². The summed E-state index contributed by atoms with van der Waals surface area (Å²) >= 11 is 0. The van der Waals surface area contributed by atoms with Crippen molar-refractivity contribution in [2.45, 2.75) is 26.2 Å². The average Bonchev–Trinajstić information content (AvgIpc) is 2.84. The Balaban J connectivity index is 2.06. The molecule has 2 rings (SSSR count). The molecule has 1 N–H and O–H groups in total. The van der Waals surface area contributed by atoms with Gasteiger partial charge in [0.2, 0.25) is 5.91 Å². The highest BCUT2D eigenvalue weighted by molar-refractivity contribution is 5.84. The van der Waals surface area contributed by atoms with Crippen molar-refractivity contribution in [3.05, 3.63) is 0 Å². The summed E-state index contributed by atoms with van der Waals surface area (Å²) in [5, 5.41) is 10.4. The number of hydroxylamine groups is 2. The summed E-state index contributed by atoms with van der Waals surface area (Å²) in [4.78, 5) is 28.3. The summed E-state index contributed by atoms with van der Waals surface area (Å²) in [6.45, 7) is 3.15. The van der Waals surface area contributed by atoms with Crippen LogP contribution in [0.3, 0.4) is 0 Å². The molecule has 16 heavy (non-hydrogen) atoms. The minimum atomic E-state index is -0.859. The number of nitrogens with zero attached hydrogens (tertiary/aromatic N) is 1. The van der Waals surface area contributed by atoms with Crippen LogP contribution < -0.4 is 0 Å². The summed E-state index contributed by atoms with van der Waals surface area (Å²) in [7, 11) is 0. The quantitative estimate of drug-likeness (QED) is 0.761. The number of hydrogen-bond donors (Lipinski definition) is 1. The van der Waals surface area contributed by atoms with Gasteiger partial charge in [-0.05, 0) is 25.2 Å². The second-order valence-corrected chi connectivity index (χ2v) is 4.75. The van der Waals surface area contributed by atoms with Gasteiger partial charge in [0, 0.05) is 0 Å². The van der Waals surface area contributed by atoms with E-state index >= 15 is 0 Å². The zero-order valence-corrected chi connectivity index (χ0v) is 9.39. The summed E-state index contributed by atoms with van der Waals surface area (Å²) < 4.78 is 0. The molecule has 5 heteroatoms. The molecule has 0 spiro atoms. The molecule has 0 aromatic heterocycles. The smallest absolute Gasteiger partial charge is 0.307 e. The first-order valence-electron chi connectivity index (χ1n) is 5.76. The van der Waals surface area contributed by atoms with E-state index in [9.17, 15) is 9.59 Å². The van der Waals surface area contributed by atoms with Crippen LogP contribution in [0.2, 0.25) is 0 Å². The molecule has 1 saturated carbocycles. The Labute approximate surface area is 94.3 Å². The second kappa shape index (κ2) is 4.41. The Morgan fingerprint density at radius 2 is 2.00 bits per heavy atom. The van der Waals surface area contributed by atoms with Gasteiger partial charge < -0.3 is 5.11 Å². The minimum Gasteiger partial charge on any atom is -0.481 e. The summed E-state index contributed by atoms with van der Waals surface area (Å²) in [6.07, 6.45) is 2.10. The number of carboxylic acids is 1. The molecular formula is C11H17NO4. The summed E-state index contributed by atoms with van der Waals surface area (Å²) in [5.41, 5.74) is 0. The largest absolute Gasteiger partial charge is 0.481 e. The molecule has 0 aromatic rings. The zero-order chi connectivity index (χ0) is 11.7. The number of carbonyl (C=O) groups is 2. The van der Waals surface area contributed by atoms with E-state index < -0.39 is 17.8 Å². The van der Waals surface area contributed by atoms with E-state index in [1.54, 1.807) is 0 Å². The molecule has 1 aliphatic heterocycles. The molecule has 3 atom stereocenters. The molecule has 1 unspecified atom stereocenters. The van der Waals surface area contributed by atoms with Crippen molar-refractivity contribution in [3.8, 4) is 0 Å². The normalized spacial score (nSPS) is 34.3. The topological polar surface area (TPSA) is 66.8 Å². The molecule has 1 aliphatic carbocycles. The van der Waals surface area contributed by atoms with Gasteiger partial charge in [0.25, 0.3) is 0 Å². The number of carbonyl (C=O) groups excluding carboxylic acids is 1. The maximum absolute atomic E-state index is 12.0. The van der Waals surface area contributed by atoms with Crippen molar-refractivity contribution in [3.63, 3.8) is 0 Å². The lowest BCUT2D eigenvalue weighted by Gasteiger charge is -2.21. The van der Waals surface area contributed by atoms with Gasteiger partial charge in [-0.1, -0.05) is 6.92 Å². The van der Waals surface area contributed by atoms with E-state index in [-0.39, 0.29) is 5.91 Å². The Morgan fingerprint density at radius 1 is 1.31 bits per heavy atom. The van der Waals surface area contributed by atoms with Gasteiger partial charge in [0.1, 0.15) is 0 Å². The monoisotopic (exact) mass is 227 g/mol. The maximum Gasteiger partial charge on any atom is 0.307 e. The summed E-state index contributed by atoms with van der Waals surface area (Å²) in [6, 6.07) is 0. The van der Waals surface area contributed by atoms with Gasteiger partial charge in [-0.2, -0.15) is 0 Å². The van der Waals surface area contributed by atoms with Crippen LogP contribution in [0.25, 0.3) is 0 Å². The van der Waals surface area contributed by atoms with Crippen LogP contribution in [0.15, 0.2) is 0 Å². The lowest BCUT2D eigenvalue weighted by molar-refractivity contribution is -0.176. The van der Waals surface area contributed by atoms with Crippen molar-refractivity contribution >= 4 is 11.9 Å². The van der Waals surface area contributed by atoms with Crippen LogP contribution in [0.1, 0.15) is 26.2 Å². The molecule has 1 saturated heterocycles. The standard InChI is InChI=1S/C11H17NO4/c1-7-5-8(9(6-7)11(14)15)10(13)12-3-2-4-16-12/h7-9H,2-6H2,1H3,(H,14,15)/t7?,8-,9+/m0/s1. The van der Waals surface area contributed by atoms with E-state index in [4.69, 9.17) is 9.94 Å². The van der Waals surface area contributed by atoms with Gasteiger partial charge in [-0.25, -0.2) is 5.06 Å². The third kappa shape index (κ3) is 2.04. The molecule has 5 nitrogen and oxygen atoms in total. The number of carboxylic acid groups (broad SMARTS) is 1. The number of aliphatic carboxylic acids is 1. The fourth-order valence-electron chi connectivity index (χ4n) is 2.64. The van der Waals surface area contributed by atoms with Gasteiger partial charge >= 0.3 is 5.97 Å². The number of amides is 1. The van der Waals surface area contributed by atoms with E-state index in [1.807, 2.05) is 6.92 Å². The molecular weight excluding hydrogens is 210 g/mol. The van der Waals surface area contributed by atoms with Crippen LogP contribution in [-0.4, -0.2) is 35.2 Å². The Kier molecular flexibility index (Phi) is 3.14. The SMILES string of the molecule is CC1C[C@H](C(=O)N2CCCO2)[C@H](C(=O)O)C1. The third-order valence-electron chi connectivity index (χ3n) is 3.43. The average molecular weight is 227 g/mol. The van der Waals surface area contributed by atoms with E-state index in [0.717, 1.165) is 6.42 Å². The fourth-order valence-corrected chi connectivity index (χ4v) is 2.64. The zero-order valence-electron chi connectivity index (χ0n) is 9.39. The molecule has 0 radical (unpaired) electrons. The highest BCUT2D eigenvalue weighted by Crippen LogP contribution is 2.37. The molecule has 0 aromatic carbocycles. The Hall–Kier alpha value is -1.10. The highest BCUT2D eigenvalue weighted by Gasteiger charge is 2.43. The van der Waals surface area contributed by atoms with Crippen molar-refractivity contribution < 1.29 is 19.5 Å². The second-order valence-electron chi connectivity index (χ2n) is 4.75. The third-order valence-corrected chi connectivity index (χ3v) is 3.43. The summed E-state index contributed by atoms with van der Waals surface area (Å²) in [5.74, 6) is -1.63. The lowest BCUT2D eigenvalue weighted by atomic mass is 9.95. The molecule has 90 valence electrons. The van der Waals surface area contributed by atoms with Crippen LogP contribution in [0.4, 0.5) is 0 Å². The van der Waals surface area contributed by atoms with Crippen LogP contribution in [0.5, 0.6) is 0 Å². The minimum absolute atomic E-state index is 0.144. The van der Waals surface area contributed by atoms with Gasteiger partial charge in [0.05, 0.1) is 25.0 Å². The van der Waals surface area contributed by atoms with Crippen LogP contribution in [0, 0.1) is 17.8 Å². The lowest BCUT2D eigenvalue weighted by Crippen LogP contribution is -2.36. The van der Waals surface area contributed by atoms with Gasteiger partial charge in [-0.3, -0.25) is 14.4 Å².